The molecule has 0 radical (unpaired) electrons. The molecule has 0 atom stereocenters. The van der Waals surface area contributed by atoms with Crippen molar-refractivity contribution in [3.63, 3.8) is 0 Å². The number of hydrogen-bond donors (Lipinski definition) is 0. The Morgan fingerprint density at radius 2 is 1.50 bits per heavy atom. The van der Waals surface area contributed by atoms with Crippen molar-refractivity contribution in [3.05, 3.63) is 47.3 Å². The summed E-state index contributed by atoms with van der Waals surface area (Å²) in [5.74, 6) is -0.502. The van der Waals surface area contributed by atoms with E-state index in [0.717, 1.165) is 0 Å². The molecule has 1 aromatic carbocycles. The van der Waals surface area contributed by atoms with Gasteiger partial charge < -0.3 is 23.8 Å². The number of nitrogens with zero attached hydrogens (tertiary/aromatic N) is 1. The zero-order chi connectivity index (χ0) is 20.7. The second-order valence-corrected chi connectivity index (χ2v) is 6.05. The van der Waals surface area contributed by atoms with E-state index in [1.165, 1.54) is 0 Å². The highest BCUT2D eigenvalue weighted by atomic mass is 16.5. The number of methoxy groups -OCH3 is 1. The van der Waals surface area contributed by atoms with Crippen LogP contribution in [0.15, 0.2) is 41.7 Å². The van der Waals surface area contributed by atoms with Gasteiger partial charge in [-0.25, -0.2) is 9.59 Å². The fourth-order valence-corrected chi connectivity index (χ4v) is 3.06. The Morgan fingerprint density at radius 1 is 0.929 bits per heavy atom. The third-order valence-electron chi connectivity index (χ3n) is 4.15. The zero-order valence-corrected chi connectivity index (χ0v) is 17.0. The molecular formula is C21H27NO6. The molecule has 0 unspecified atom stereocenters. The van der Waals surface area contributed by atoms with Crippen LogP contribution in [0, 0.1) is 0 Å². The Balaban J connectivity index is 2.57. The molecule has 1 aromatic rings. The van der Waals surface area contributed by atoms with Gasteiger partial charge in [0, 0.05) is 19.4 Å². The second-order valence-electron chi connectivity index (χ2n) is 6.05. The first kappa shape index (κ1) is 21.3. The summed E-state index contributed by atoms with van der Waals surface area (Å²) in [6, 6.07) is 5.34. The first-order chi connectivity index (χ1) is 13.5. The van der Waals surface area contributed by atoms with Crippen LogP contribution in [0.5, 0.6) is 11.5 Å². The minimum Gasteiger partial charge on any atom is -0.493 e. The minimum absolute atomic E-state index is 0.234. The van der Waals surface area contributed by atoms with Crippen LogP contribution < -0.4 is 9.47 Å². The molecule has 7 heteroatoms. The van der Waals surface area contributed by atoms with Crippen LogP contribution in [0.3, 0.4) is 0 Å². The molecule has 0 saturated carbocycles. The molecule has 1 aliphatic rings. The van der Waals surface area contributed by atoms with E-state index in [4.69, 9.17) is 18.9 Å². The van der Waals surface area contributed by atoms with E-state index in [1.54, 1.807) is 57.4 Å². The molecular weight excluding hydrogens is 362 g/mol. The molecule has 1 aliphatic heterocycles. The molecule has 1 heterocycles. The summed E-state index contributed by atoms with van der Waals surface area (Å²) in [6.45, 7) is 6.32. The Kier molecular flexibility index (Phi) is 7.49. The molecule has 0 bridgehead atoms. The minimum atomic E-state index is -0.640. The number of rotatable bonds is 8. The van der Waals surface area contributed by atoms with Crippen molar-refractivity contribution in [2.45, 2.75) is 26.7 Å². The van der Waals surface area contributed by atoms with E-state index in [0.29, 0.717) is 34.8 Å². The number of esters is 2. The van der Waals surface area contributed by atoms with Crippen LogP contribution in [0.25, 0.3) is 0 Å². The second kappa shape index (κ2) is 9.82. The predicted octanol–water partition coefficient (Wildman–Crippen LogP) is 3.02. The average molecular weight is 389 g/mol. The standard InChI is InChI=1S/C21H27NO6/c1-6-26-17-10-9-14(11-18(17)25-5)19-15(20(23)27-7-2)12-22(4)13-16(19)21(24)28-8-3/h9-13,19H,6-8H2,1-5H3. The molecule has 7 nitrogen and oxygen atoms in total. The van der Waals surface area contributed by atoms with Crippen molar-refractivity contribution in [2.75, 3.05) is 34.0 Å². The molecule has 0 saturated heterocycles. The summed E-state index contributed by atoms with van der Waals surface area (Å²) >= 11 is 0. The quantitative estimate of drug-likeness (QED) is 0.633. The van der Waals surface area contributed by atoms with Crippen LogP contribution in [-0.2, 0) is 19.1 Å². The van der Waals surface area contributed by atoms with Gasteiger partial charge in [-0.15, -0.1) is 0 Å². The molecule has 152 valence electrons. The third kappa shape index (κ3) is 4.65. The summed E-state index contributed by atoms with van der Waals surface area (Å²) in [5, 5.41) is 0. The number of ether oxygens (including phenoxy) is 4. The summed E-state index contributed by atoms with van der Waals surface area (Å²) in [4.78, 5) is 26.9. The lowest BCUT2D eigenvalue weighted by molar-refractivity contribution is -0.139. The van der Waals surface area contributed by atoms with Gasteiger partial charge in [0.2, 0.25) is 0 Å². The zero-order valence-electron chi connectivity index (χ0n) is 17.0. The highest BCUT2D eigenvalue weighted by Gasteiger charge is 2.35. The lowest BCUT2D eigenvalue weighted by Crippen LogP contribution is -2.28. The van der Waals surface area contributed by atoms with E-state index >= 15 is 0 Å². The van der Waals surface area contributed by atoms with Gasteiger partial charge in [-0.1, -0.05) is 6.07 Å². The highest BCUT2D eigenvalue weighted by Crippen LogP contribution is 2.40. The van der Waals surface area contributed by atoms with E-state index in [1.807, 2.05) is 13.0 Å². The lowest BCUT2D eigenvalue weighted by Gasteiger charge is -2.28. The summed E-state index contributed by atoms with van der Waals surface area (Å²) in [7, 11) is 3.29. The first-order valence-electron chi connectivity index (χ1n) is 9.27. The van der Waals surface area contributed by atoms with Gasteiger partial charge in [0.1, 0.15) is 0 Å². The number of carbonyl (C=O) groups is 2. The van der Waals surface area contributed by atoms with Crippen LogP contribution >= 0.6 is 0 Å². The highest BCUT2D eigenvalue weighted by molar-refractivity contribution is 5.98. The van der Waals surface area contributed by atoms with Crippen LogP contribution in [0.2, 0.25) is 0 Å². The molecule has 0 N–H and O–H groups in total. The lowest BCUT2D eigenvalue weighted by atomic mass is 9.83. The summed E-state index contributed by atoms with van der Waals surface area (Å²) in [5.41, 5.74) is 1.40. The predicted molar refractivity (Wildman–Crippen MR) is 104 cm³/mol. The van der Waals surface area contributed by atoms with Gasteiger partial charge >= 0.3 is 11.9 Å². The monoisotopic (exact) mass is 389 g/mol. The maximum absolute atomic E-state index is 12.6. The van der Waals surface area contributed by atoms with Gasteiger partial charge in [0.05, 0.1) is 44.0 Å². The third-order valence-corrected chi connectivity index (χ3v) is 4.15. The smallest absolute Gasteiger partial charge is 0.336 e. The van der Waals surface area contributed by atoms with Crippen LogP contribution in [0.1, 0.15) is 32.3 Å². The largest absolute Gasteiger partial charge is 0.493 e. The van der Waals surface area contributed by atoms with Gasteiger partial charge in [-0.05, 0) is 38.5 Å². The first-order valence-corrected chi connectivity index (χ1v) is 9.27. The summed E-state index contributed by atoms with van der Waals surface area (Å²) < 4.78 is 21.4. The average Bonchev–Trinajstić information content (AvgIpc) is 2.68. The summed E-state index contributed by atoms with van der Waals surface area (Å²) in [6.07, 6.45) is 3.32. The molecule has 0 aromatic heterocycles. The fourth-order valence-electron chi connectivity index (χ4n) is 3.06. The van der Waals surface area contributed by atoms with Crippen molar-refractivity contribution in [3.8, 4) is 11.5 Å². The number of carbonyl (C=O) groups excluding carboxylic acids is 2. The van der Waals surface area contributed by atoms with Crippen LogP contribution in [0.4, 0.5) is 0 Å². The Morgan fingerprint density at radius 3 is 1.96 bits per heavy atom. The van der Waals surface area contributed by atoms with Gasteiger partial charge in [0.25, 0.3) is 0 Å². The van der Waals surface area contributed by atoms with Crippen molar-refractivity contribution < 1.29 is 28.5 Å². The molecule has 0 amide bonds. The Bertz CT molecular complexity index is 747. The molecule has 0 fully saturated rings. The van der Waals surface area contributed by atoms with Crippen molar-refractivity contribution in [1.82, 2.24) is 4.90 Å². The van der Waals surface area contributed by atoms with E-state index < -0.39 is 17.9 Å². The Hall–Kier alpha value is -2.96. The molecule has 2 rings (SSSR count). The van der Waals surface area contributed by atoms with Gasteiger partial charge in [-0.2, -0.15) is 0 Å². The van der Waals surface area contributed by atoms with Crippen molar-refractivity contribution in [2.24, 2.45) is 0 Å². The van der Waals surface area contributed by atoms with E-state index in [9.17, 15) is 9.59 Å². The maximum Gasteiger partial charge on any atom is 0.336 e. The number of benzene rings is 1. The topological polar surface area (TPSA) is 74.3 Å². The molecule has 0 spiro atoms. The SMILES string of the molecule is CCOC(=O)C1=CN(C)C=C(C(=O)OCC)C1c1ccc(OCC)c(OC)c1. The number of hydrogen-bond acceptors (Lipinski definition) is 7. The van der Waals surface area contributed by atoms with E-state index in [-0.39, 0.29) is 13.2 Å². The van der Waals surface area contributed by atoms with Crippen molar-refractivity contribution >= 4 is 11.9 Å². The van der Waals surface area contributed by atoms with Crippen molar-refractivity contribution in [1.29, 1.82) is 0 Å². The molecule has 28 heavy (non-hydrogen) atoms. The van der Waals surface area contributed by atoms with Gasteiger partial charge in [0.15, 0.2) is 11.5 Å². The molecule has 0 aliphatic carbocycles. The fraction of sp³-hybridized carbons (Fsp3) is 0.429. The van der Waals surface area contributed by atoms with Gasteiger partial charge in [-0.3, -0.25) is 0 Å². The van der Waals surface area contributed by atoms with Crippen LogP contribution in [-0.4, -0.2) is 50.8 Å². The normalized spacial score (nSPS) is 14.1. The maximum atomic E-state index is 12.6. The Labute approximate surface area is 165 Å². The van der Waals surface area contributed by atoms with E-state index in [2.05, 4.69) is 0 Å².